The molecule has 0 aliphatic carbocycles. The first-order chi connectivity index (χ1) is 8.80. The van der Waals surface area contributed by atoms with Crippen LogP contribution in [0.4, 0.5) is 5.82 Å². The molecule has 2 rings (SSSR count). The zero-order valence-corrected chi connectivity index (χ0v) is 10.8. The highest BCUT2D eigenvalue weighted by Gasteiger charge is 2.10. The van der Waals surface area contributed by atoms with E-state index in [2.05, 4.69) is 27.2 Å². The maximum Gasteiger partial charge on any atom is 0.212 e. The SMILES string of the molecule is CCc1c(NC)ncnc1-c1ccc(OC)nc1. The van der Waals surface area contributed by atoms with Gasteiger partial charge in [0.15, 0.2) is 0 Å². The third kappa shape index (κ3) is 2.25. The summed E-state index contributed by atoms with van der Waals surface area (Å²) >= 11 is 0. The minimum absolute atomic E-state index is 0.597. The van der Waals surface area contributed by atoms with Gasteiger partial charge in [-0.2, -0.15) is 0 Å². The van der Waals surface area contributed by atoms with Gasteiger partial charge in [0.1, 0.15) is 12.1 Å². The number of anilines is 1. The summed E-state index contributed by atoms with van der Waals surface area (Å²) in [5, 5.41) is 3.08. The lowest BCUT2D eigenvalue weighted by Crippen LogP contribution is -2.02. The molecule has 0 atom stereocenters. The van der Waals surface area contributed by atoms with Gasteiger partial charge >= 0.3 is 0 Å². The lowest BCUT2D eigenvalue weighted by atomic mass is 10.1. The van der Waals surface area contributed by atoms with Crippen molar-refractivity contribution in [1.82, 2.24) is 15.0 Å². The summed E-state index contributed by atoms with van der Waals surface area (Å²) in [4.78, 5) is 12.8. The van der Waals surface area contributed by atoms with Crippen LogP contribution in [-0.2, 0) is 6.42 Å². The molecular weight excluding hydrogens is 228 g/mol. The molecule has 2 aromatic heterocycles. The first-order valence-corrected chi connectivity index (χ1v) is 5.82. The summed E-state index contributed by atoms with van der Waals surface area (Å²) < 4.78 is 5.05. The minimum atomic E-state index is 0.597. The van der Waals surface area contributed by atoms with Crippen molar-refractivity contribution >= 4 is 5.82 Å². The van der Waals surface area contributed by atoms with Crippen molar-refractivity contribution in [2.24, 2.45) is 0 Å². The smallest absolute Gasteiger partial charge is 0.212 e. The zero-order chi connectivity index (χ0) is 13.0. The molecule has 0 aromatic carbocycles. The molecule has 0 saturated heterocycles. The van der Waals surface area contributed by atoms with E-state index in [1.54, 1.807) is 19.6 Å². The Morgan fingerprint density at radius 3 is 2.61 bits per heavy atom. The van der Waals surface area contributed by atoms with E-state index < -0.39 is 0 Å². The minimum Gasteiger partial charge on any atom is -0.481 e. The van der Waals surface area contributed by atoms with Gasteiger partial charge in [0.05, 0.1) is 12.8 Å². The summed E-state index contributed by atoms with van der Waals surface area (Å²) in [7, 11) is 3.46. The number of pyridine rings is 1. The Bertz CT molecular complexity index is 525. The molecule has 1 N–H and O–H groups in total. The van der Waals surface area contributed by atoms with Crippen LogP contribution in [-0.4, -0.2) is 29.1 Å². The molecule has 0 aliphatic heterocycles. The highest BCUT2D eigenvalue weighted by Crippen LogP contribution is 2.26. The van der Waals surface area contributed by atoms with Gasteiger partial charge in [0.25, 0.3) is 0 Å². The van der Waals surface area contributed by atoms with E-state index in [1.807, 2.05) is 19.2 Å². The summed E-state index contributed by atoms with van der Waals surface area (Å²) in [6.07, 6.45) is 4.18. The molecule has 94 valence electrons. The Hall–Kier alpha value is -2.17. The molecule has 2 aromatic rings. The van der Waals surface area contributed by atoms with Crippen molar-refractivity contribution in [3.8, 4) is 17.1 Å². The topological polar surface area (TPSA) is 59.9 Å². The average molecular weight is 244 g/mol. The van der Waals surface area contributed by atoms with Gasteiger partial charge < -0.3 is 10.1 Å². The second kappa shape index (κ2) is 5.44. The summed E-state index contributed by atoms with van der Waals surface area (Å²) in [5.74, 6) is 1.46. The van der Waals surface area contributed by atoms with Crippen molar-refractivity contribution in [2.75, 3.05) is 19.5 Å². The second-order valence-corrected chi connectivity index (χ2v) is 3.74. The molecule has 5 nitrogen and oxygen atoms in total. The summed E-state index contributed by atoms with van der Waals surface area (Å²) in [6, 6.07) is 3.78. The number of rotatable bonds is 4. The van der Waals surface area contributed by atoms with Crippen molar-refractivity contribution in [3.63, 3.8) is 0 Å². The summed E-state index contributed by atoms with van der Waals surface area (Å²) in [6.45, 7) is 2.08. The van der Waals surface area contributed by atoms with Crippen LogP contribution in [0.25, 0.3) is 11.3 Å². The van der Waals surface area contributed by atoms with E-state index in [4.69, 9.17) is 4.74 Å². The van der Waals surface area contributed by atoms with Crippen LogP contribution in [0.3, 0.4) is 0 Å². The summed E-state index contributed by atoms with van der Waals surface area (Å²) in [5.41, 5.74) is 2.96. The van der Waals surface area contributed by atoms with E-state index in [1.165, 1.54) is 0 Å². The number of hydrogen-bond acceptors (Lipinski definition) is 5. The van der Waals surface area contributed by atoms with E-state index in [0.29, 0.717) is 5.88 Å². The van der Waals surface area contributed by atoms with Gasteiger partial charge in [0, 0.05) is 30.4 Å². The molecule has 18 heavy (non-hydrogen) atoms. The molecular formula is C13H16N4O. The number of nitrogens with zero attached hydrogens (tertiary/aromatic N) is 3. The number of nitrogens with one attached hydrogen (secondary N) is 1. The molecule has 0 bridgehead atoms. The van der Waals surface area contributed by atoms with Gasteiger partial charge in [-0.05, 0) is 12.5 Å². The third-order valence-electron chi connectivity index (χ3n) is 2.75. The van der Waals surface area contributed by atoms with Gasteiger partial charge in [-0.3, -0.25) is 0 Å². The van der Waals surface area contributed by atoms with Gasteiger partial charge in [-0.15, -0.1) is 0 Å². The molecule has 0 unspecified atom stereocenters. The number of methoxy groups -OCH3 is 1. The lowest BCUT2D eigenvalue weighted by molar-refractivity contribution is 0.398. The van der Waals surface area contributed by atoms with E-state index in [0.717, 1.165) is 29.1 Å². The molecule has 0 saturated carbocycles. The maximum absolute atomic E-state index is 5.05. The fraction of sp³-hybridized carbons (Fsp3) is 0.308. The van der Waals surface area contributed by atoms with Gasteiger partial charge in [-0.1, -0.05) is 6.92 Å². The number of ether oxygens (including phenoxy) is 1. The van der Waals surface area contributed by atoms with Crippen LogP contribution in [0.1, 0.15) is 12.5 Å². The Morgan fingerprint density at radius 2 is 2.06 bits per heavy atom. The van der Waals surface area contributed by atoms with Gasteiger partial charge in [0.2, 0.25) is 5.88 Å². The quantitative estimate of drug-likeness (QED) is 0.893. The highest BCUT2D eigenvalue weighted by atomic mass is 16.5. The van der Waals surface area contributed by atoms with Crippen molar-refractivity contribution in [2.45, 2.75) is 13.3 Å². The lowest BCUT2D eigenvalue weighted by Gasteiger charge is -2.11. The van der Waals surface area contributed by atoms with Crippen molar-refractivity contribution < 1.29 is 4.74 Å². The van der Waals surface area contributed by atoms with E-state index in [9.17, 15) is 0 Å². The Labute approximate surface area is 106 Å². The number of hydrogen-bond donors (Lipinski definition) is 1. The Morgan fingerprint density at radius 1 is 1.22 bits per heavy atom. The van der Waals surface area contributed by atoms with E-state index in [-0.39, 0.29) is 0 Å². The molecule has 0 spiro atoms. The molecule has 0 amide bonds. The standard InChI is InChI=1S/C13H16N4O/c1-4-10-12(16-8-17-13(10)14-2)9-5-6-11(18-3)15-7-9/h5-8H,4H2,1-3H3,(H,14,16,17). The fourth-order valence-electron chi connectivity index (χ4n) is 1.85. The largest absolute Gasteiger partial charge is 0.481 e. The second-order valence-electron chi connectivity index (χ2n) is 3.74. The third-order valence-corrected chi connectivity index (χ3v) is 2.75. The van der Waals surface area contributed by atoms with Crippen LogP contribution < -0.4 is 10.1 Å². The Kier molecular flexibility index (Phi) is 3.72. The first-order valence-electron chi connectivity index (χ1n) is 5.82. The molecule has 2 heterocycles. The zero-order valence-electron chi connectivity index (χ0n) is 10.8. The maximum atomic E-state index is 5.05. The van der Waals surface area contributed by atoms with Crippen LogP contribution >= 0.6 is 0 Å². The molecule has 0 radical (unpaired) electrons. The normalized spacial score (nSPS) is 10.2. The van der Waals surface area contributed by atoms with Crippen molar-refractivity contribution in [3.05, 3.63) is 30.2 Å². The monoisotopic (exact) mass is 244 g/mol. The van der Waals surface area contributed by atoms with Crippen LogP contribution in [0.5, 0.6) is 5.88 Å². The van der Waals surface area contributed by atoms with E-state index >= 15 is 0 Å². The fourth-order valence-corrected chi connectivity index (χ4v) is 1.85. The van der Waals surface area contributed by atoms with Crippen LogP contribution in [0, 0.1) is 0 Å². The molecule has 0 fully saturated rings. The van der Waals surface area contributed by atoms with Crippen molar-refractivity contribution in [1.29, 1.82) is 0 Å². The molecule has 5 heteroatoms. The molecule has 0 aliphatic rings. The predicted octanol–water partition coefficient (Wildman–Crippen LogP) is 2.15. The Balaban J connectivity index is 2.48. The van der Waals surface area contributed by atoms with Crippen LogP contribution in [0.15, 0.2) is 24.7 Å². The van der Waals surface area contributed by atoms with Crippen LogP contribution in [0.2, 0.25) is 0 Å². The van der Waals surface area contributed by atoms with Gasteiger partial charge in [-0.25, -0.2) is 15.0 Å². The highest BCUT2D eigenvalue weighted by molar-refractivity contribution is 5.67. The average Bonchev–Trinajstić information content (AvgIpc) is 2.46. The predicted molar refractivity (Wildman–Crippen MR) is 70.7 cm³/mol. The number of aromatic nitrogens is 3. The first kappa shape index (κ1) is 12.3.